The summed E-state index contributed by atoms with van der Waals surface area (Å²) >= 11 is 0. The zero-order valence-electron chi connectivity index (χ0n) is 13.3. The number of hydrogen-bond acceptors (Lipinski definition) is 3. The molecule has 5 heteroatoms. The highest BCUT2D eigenvalue weighted by molar-refractivity contribution is 5.87. The number of rotatable bonds is 5. The Morgan fingerprint density at radius 3 is 2.52 bits per heavy atom. The van der Waals surface area contributed by atoms with Gasteiger partial charge >= 0.3 is 5.97 Å². The first-order chi connectivity index (χ1) is 12.2. The van der Waals surface area contributed by atoms with E-state index in [1.165, 1.54) is 6.07 Å². The van der Waals surface area contributed by atoms with Crippen molar-refractivity contribution in [2.24, 2.45) is 0 Å². The van der Waals surface area contributed by atoms with E-state index in [2.05, 4.69) is 11.4 Å². The van der Waals surface area contributed by atoms with Crippen LogP contribution in [0, 0.1) is 0 Å². The summed E-state index contributed by atoms with van der Waals surface area (Å²) in [6.45, 7) is 0.657. The van der Waals surface area contributed by atoms with E-state index in [4.69, 9.17) is 9.52 Å². The largest absolute Gasteiger partial charge is 0.475 e. The average molecular weight is 332 g/mol. The molecule has 2 aromatic carbocycles. The molecule has 0 amide bonds. The molecule has 0 atom stereocenters. The fourth-order valence-electron chi connectivity index (χ4n) is 2.90. The third-order valence-corrected chi connectivity index (χ3v) is 4.09. The number of nitrogens with zero attached hydrogens (tertiary/aromatic N) is 1. The maximum absolute atomic E-state index is 11.1. The van der Waals surface area contributed by atoms with Gasteiger partial charge in [0.1, 0.15) is 0 Å². The molecule has 0 unspecified atom stereocenters. The van der Waals surface area contributed by atoms with E-state index in [0.717, 1.165) is 22.2 Å². The molecule has 0 aliphatic carbocycles. The number of para-hydroxylation sites is 2. The first kappa shape index (κ1) is 15.1. The highest BCUT2D eigenvalue weighted by Gasteiger charge is 2.14. The van der Waals surface area contributed by atoms with Gasteiger partial charge in [-0.1, -0.05) is 36.4 Å². The van der Waals surface area contributed by atoms with E-state index in [9.17, 15) is 4.79 Å². The summed E-state index contributed by atoms with van der Waals surface area (Å²) in [7, 11) is 0. The number of aromatic nitrogens is 1. The smallest absolute Gasteiger partial charge is 0.371 e. The van der Waals surface area contributed by atoms with Crippen molar-refractivity contribution < 1.29 is 14.3 Å². The van der Waals surface area contributed by atoms with Crippen LogP contribution in [0.1, 0.15) is 16.1 Å². The van der Waals surface area contributed by atoms with E-state index < -0.39 is 5.97 Å². The van der Waals surface area contributed by atoms with Gasteiger partial charge in [0, 0.05) is 29.9 Å². The Kier molecular flexibility index (Phi) is 3.74. The quantitative estimate of drug-likeness (QED) is 0.563. The van der Waals surface area contributed by atoms with Crippen molar-refractivity contribution in [1.82, 2.24) is 4.57 Å². The van der Waals surface area contributed by atoms with Gasteiger partial charge in [0.15, 0.2) is 0 Å². The van der Waals surface area contributed by atoms with Crippen LogP contribution in [0.2, 0.25) is 0 Å². The summed E-state index contributed by atoms with van der Waals surface area (Å²) in [5.74, 6) is -0.662. The van der Waals surface area contributed by atoms with Crippen LogP contribution in [-0.2, 0) is 6.54 Å². The third-order valence-electron chi connectivity index (χ3n) is 4.09. The Labute approximate surface area is 144 Å². The van der Waals surface area contributed by atoms with Gasteiger partial charge < -0.3 is 14.8 Å². The fraction of sp³-hybridized carbons (Fsp3) is 0.0500. The van der Waals surface area contributed by atoms with Crippen LogP contribution in [0.5, 0.6) is 0 Å². The van der Waals surface area contributed by atoms with Crippen molar-refractivity contribution in [3.05, 3.63) is 84.3 Å². The highest BCUT2D eigenvalue weighted by Crippen LogP contribution is 2.26. The molecule has 124 valence electrons. The molecule has 0 aliphatic rings. The lowest BCUT2D eigenvalue weighted by Gasteiger charge is -2.04. The molecule has 4 rings (SSSR count). The summed E-state index contributed by atoms with van der Waals surface area (Å²) < 4.78 is 7.34. The Hall–Kier alpha value is -3.47. The zero-order chi connectivity index (χ0) is 17.2. The second kappa shape index (κ2) is 6.20. The zero-order valence-corrected chi connectivity index (χ0v) is 13.3. The van der Waals surface area contributed by atoms with E-state index in [-0.39, 0.29) is 5.76 Å². The second-order valence-corrected chi connectivity index (χ2v) is 5.70. The molecule has 2 N–H and O–H groups in total. The van der Waals surface area contributed by atoms with Crippen LogP contribution in [0.3, 0.4) is 0 Å². The van der Waals surface area contributed by atoms with Gasteiger partial charge in [-0.25, -0.2) is 4.79 Å². The molecule has 0 saturated carbocycles. The predicted octanol–water partition coefficient (Wildman–Crippen LogP) is 4.53. The summed E-state index contributed by atoms with van der Waals surface area (Å²) in [5, 5.41) is 13.6. The van der Waals surface area contributed by atoms with Crippen molar-refractivity contribution in [3.8, 4) is 5.88 Å². The van der Waals surface area contributed by atoms with Crippen LogP contribution < -0.4 is 5.32 Å². The van der Waals surface area contributed by atoms with Crippen molar-refractivity contribution in [1.29, 1.82) is 0 Å². The molecule has 0 saturated heterocycles. The lowest BCUT2D eigenvalue weighted by molar-refractivity contribution is 0.0662. The monoisotopic (exact) mass is 332 g/mol. The van der Waals surface area contributed by atoms with Gasteiger partial charge in [0.2, 0.25) is 11.6 Å². The number of carboxylic acid groups (broad SMARTS) is 1. The molecule has 4 aromatic rings. The van der Waals surface area contributed by atoms with Gasteiger partial charge in [-0.2, -0.15) is 0 Å². The minimum Gasteiger partial charge on any atom is -0.475 e. The number of benzene rings is 2. The van der Waals surface area contributed by atoms with E-state index in [1.54, 1.807) is 6.07 Å². The number of furan rings is 1. The molecule has 2 aromatic heterocycles. The number of hydrogen-bond donors (Lipinski definition) is 2. The number of carbonyl (C=O) groups is 1. The average Bonchev–Trinajstić information content (AvgIpc) is 3.26. The number of aromatic carboxylic acids is 1. The van der Waals surface area contributed by atoms with Crippen molar-refractivity contribution >= 4 is 22.6 Å². The van der Waals surface area contributed by atoms with Gasteiger partial charge in [-0.3, -0.25) is 4.57 Å². The summed E-state index contributed by atoms with van der Waals surface area (Å²) in [6, 6.07) is 21.1. The standard InChI is InChI=1S/C20H16N2O3/c23-20(24)18-10-11-19(25-18)22-13-14(16-8-4-5-9-17(16)22)12-21-15-6-2-1-3-7-15/h1-11,13,21H,12H2,(H,23,24). The molecular formula is C20H16N2O3. The fourth-order valence-corrected chi connectivity index (χ4v) is 2.90. The van der Waals surface area contributed by atoms with Crippen LogP contribution in [-0.4, -0.2) is 15.6 Å². The predicted molar refractivity (Wildman–Crippen MR) is 96.3 cm³/mol. The molecule has 0 fully saturated rings. The number of fused-ring (bicyclic) bond motifs is 1. The van der Waals surface area contributed by atoms with Crippen LogP contribution >= 0.6 is 0 Å². The maximum atomic E-state index is 11.1. The lowest BCUT2D eigenvalue weighted by atomic mass is 10.2. The van der Waals surface area contributed by atoms with E-state index in [1.807, 2.05) is 59.3 Å². The van der Waals surface area contributed by atoms with Gasteiger partial charge in [0.25, 0.3) is 0 Å². The van der Waals surface area contributed by atoms with Crippen molar-refractivity contribution in [2.45, 2.75) is 6.54 Å². The van der Waals surface area contributed by atoms with Crippen molar-refractivity contribution in [2.75, 3.05) is 5.32 Å². The Bertz CT molecular complexity index is 1030. The SMILES string of the molecule is O=C(O)c1ccc(-n2cc(CNc3ccccc3)c3ccccc32)o1. The highest BCUT2D eigenvalue weighted by atomic mass is 16.4. The van der Waals surface area contributed by atoms with Gasteiger partial charge in [-0.15, -0.1) is 0 Å². The molecule has 25 heavy (non-hydrogen) atoms. The van der Waals surface area contributed by atoms with Crippen LogP contribution in [0.15, 0.2) is 77.3 Å². The molecule has 0 spiro atoms. The number of carboxylic acids is 1. The topological polar surface area (TPSA) is 67.4 Å². The minimum atomic E-state index is -1.08. The number of anilines is 1. The first-order valence-electron chi connectivity index (χ1n) is 7.94. The molecule has 0 radical (unpaired) electrons. The first-order valence-corrected chi connectivity index (χ1v) is 7.94. The normalized spacial score (nSPS) is 10.9. The molecule has 2 heterocycles. The third kappa shape index (κ3) is 2.87. The summed E-state index contributed by atoms with van der Waals surface area (Å²) in [4.78, 5) is 11.1. The molecule has 0 bridgehead atoms. The van der Waals surface area contributed by atoms with Crippen LogP contribution in [0.4, 0.5) is 5.69 Å². The Morgan fingerprint density at radius 2 is 1.76 bits per heavy atom. The molecule has 5 nitrogen and oxygen atoms in total. The Balaban J connectivity index is 1.72. The minimum absolute atomic E-state index is 0.0725. The summed E-state index contributed by atoms with van der Waals surface area (Å²) in [6.07, 6.45) is 1.98. The Morgan fingerprint density at radius 1 is 1.00 bits per heavy atom. The molecular weight excluding hydrogens is 316 g/mol. The van der Waals surface area contributed by atoms with Gasteiger partial charge in [0.05, 0.1) is 5.52 Å². The van der Waals surface area contributed by atoms with E-state index in [0.29, 0.717) is 12.4 Å². The lowest BCUT2D eigenvalue weighted by Crippen LogP contribution is -1.98. The summed E-state index contributed by atoms with van der Waals surface area (Å²) in [5.41, 5.74) is 3.12. The number of nitrogens with one attached hydrogen (secondary N) is 1. The van der Waals surface area contributed by atoms with E-state index >= 15 is 0 Å². The van der Waals surface area contributed by atoms with Crippen LogP contribution in [0.25, 0.3) is 16.8 Å². The maximum Gasteiger partial charge on any atom is 0.371 e. The van der Waals surface area contributed by atoms with Gasteiger partial charge in [-0.05, 0) is 29.8 Å². The van der Waals surface area contributed by atoms with Crippen molar-refractivity contribution in [3.63, 3.8) is 0 Å². The molecule has 0 aliphatic heterocycles. The second-order valence-electron chi connectivity index (χ2n) is 5.70.